The molecule has 0 spiro atoms. The van der Waals surface area contributed by atoms with E-state index < -0.39 is 16.5 Å². The summed E-state index contributed by atoms with van der Waals surface area (Å²) in [6, 6.07) is 3.58. The van der Waals surface area contributed by atoms with Crippen LogP contribution in [0.25, 0.3) is 0 Å². The molecule has 0 saturated carbocycles. The van der Waals surface area contributed by atoms with E-state index in [1.807, 2.05) is 0 Å². The van der Waals surface area contributed by atoms with Crippen molar-refractivity contribution >= 4 is 48.4 Å². The Hall–Kier alpha value is 0.0200. The minimum Gasteiger partial charge on any atom is -0.506 e. The molecule has 0 amide bonds. The van der Waals surface area contributed by atoms with E-state index in [4.69, 9.17) is 15.5 Å². The highest BCUT2D eigenvalue weighted by Gasteiger charge is 2.31. The normalized spacial score (nSPS) is 11.4. The molecule has 0 aliphatic heterocycles. The van der Waals surface area contributed by atoms with E-state index in [1.165, 1.54) is 0 Å². The molecule has 0 radical (unpaired) electrons. The van der Waals surface area contributed by atoms with Crippen molar-refractivity contribution in [1.82, 2.24) is 0 Å². The van der Waals surface area contributed by atoms with Crippen LogP contribution in [0.15, 0.2) is 21.1 Å². The minimum atomic E-state index is -2.92. The second kappa shape index (κ2) is 9.01. The second-order valence-electron chi connectivity index (χ2n) is 2.67. The zero-order chi connectivity index (χ0) is 14.3. The molecule has 0 heterocycles. The van der Waals surface area contributed by atoms with Gasteiger partial charge in [0.1, 0.15) is 5.75 Å². The van der Waals surface area contributed by atoms with Gasteiger partial charge in [-0.1, -0.05) is 0 Å². The Morgan fingerprint density at radius 1 is 1.17 bits per heavy atom. The average Bonchev–Trinajstić information content (AvgIpc) is 2.24. The molecule has 2 atom stereocenters. The summed E-state index contributed by atoms with van der Waals surface area (Å²) in [6.45, 7) is 0.470. The predicted octanol–water partition coefficient (Wildman–Crippen LogP) is 2.68. The highest BCUT2D eigenvalue weighted by atomic mass is 79.9. The lowest BCUT2D eigenvalue weighted by atomic mass is 10.2. The smallest absolute Gasteiger partial charge is 0.506 e. The highest BCUT2D eigenvalue weighted by Crippen LogP contribution is 2.33. The molecule has 11 heteroatoms. The number of halogens is 2. The van der Waals surface area contributed by atoms with E-state index in [-0.39, 0.29) is 5.75 Å². The van der Waals surface area contributed by atoms with Crippen LogP contribution >= 0.6 is 48.4 Å². The molecule has 0 aromatic heterocycles. The Labute approximate surface area is 121 Å². The Morgan fingerprint density at radius 2 is 1.56 bits per heavy atom. The third kappa shape index (κ3) is 7.45. The summed E-state index contributed by atoms with van der Waals surface area (Å²) in [5, 5.41) is 9.29. The molecule has 1 aromatic rings. The first-order valence-electron chi connectivity index (χ1n) is 4.15. The largest absolute Gasteiger partial charge is 0.745 e. The Morgan fingerprint density at radius 3 is 1.78 bits per heavy atom. The monoisotopic (exact) mass is 423 g/mol. The van der Waals surface area contributed by atoms with Gasteiger partial charge in [-0.05, 0) is 49.6 Å². The van der Waals surface area contributed by atoms with Gasteiger partial charge in [-0.25, -0.2) is 0 Å². The van der Waals surface area contributed by atoms with E-state index in [1.54, 1.807) is 12.1 Å². The molecule has 0 fully saturated rings. The molecule has 0 aliphatic rings. The number of hydrogen-bond acceptors (Lipinski definition) is 5. The van der Waals surface area contributed by atoms with Crippen molar-refractivity contribution < 1.29 is 28.3 Å². The fourth-order valence-corrected chi connectivity index (χ4v) is 2.55. The Balaban J connectivity index is 0.000000360. The molecule has 2 unspecified atom stereocenters. The second-order valence-corrected chi connectivity index (χ2v) is 5.98. The maximum Gasteiger partial charge on any atom is 0.745 e. The lowest BCUT2D eigenvalue weighted by molar-refractivity contribution is 0.371. The number of aromatic hydroxyl groups is 1. The molecular weight excluding hydrogens is 416 g/mol. The first-order valence-corrected chi connectivity index (χ1v) is 7.99. The Bertz CT molecular complexity index is 423. The first-order chi connectivity index (χ1) is 8.27. The lowest BCUT2D eigenvalue weighted by Gasteiger charge is -2.02. The van der Waals surface area contributed by atoms with Gasteiger partial charge in [0.2, 0.25) is 0 Å². The lowest BCUT2D eigenvalue weighted by Crippen LogP contribution is -1.95. The summed E-state index contributed by atoms with van der Waals surface area (Å²) in [5.74, 6) is 0.210. The summed E-state index contributed by atoms with van der Waals surface area (Å²) >= 11 is 6.40. The van der Waals surface area contributed by atoms with Crippen LogP contribution in [0, 0.1) is 0 Å². The Kier molecular flexibility index (Phi) is 9.02. The van der Waals surface area contributed by atoms with E-state index in [2.05, 4.69) is 36.2 Å². The van der Waals surface area contributed by atoms with Crippen LogP contribution in [0.5, 0.6) is 5.75 Å². The van der Waals surface area contributed by atoms with Crippen LogP contribution < -0.4 is 5.73 Å². The van der Waals surface area contributed by atoms with Gasteiger partial charge in [0, 0.05) is 15.7 Å². The SMILES string of the molecule is NCc1cc(Br)c(O)c(Br)c1.O=[P+](O)O[P+](=O)O. The van der Waals surface area contributed by atoms with Crippen LogP contribution in [-0.4, -0.2) is 14.9 Å². The third-order valence-corrected chi connectivity index (χ3v) is 3.78. The number of rotatable bonds is 3. The van der Waals surface area contributed by atoms with E-state index >= 15 is 0 Å². The molecule has 0 bridgehead atoms. The van der Waals surface area contributed by atoms with Gasteiger partial charge in [0.05, 0.1) is 8.95 Å². The third-order valence-electron chi connectivity index (χ3n) is 1.45. The summed E-state index contributed by atoms with van der Waals surface area (Å²) < 4.78 is 23.5. The maximum absolute atomic E-state index is 9.39. The van der Waals surface area contributed by atoms with Crippen molar-refractivity contribution in [2.75, 3.05) is 0 Å². The van der Waals surface area contributed by atoms with Crippen LogP contribution in [0.2, 0.25) is 0 Å². The molecule has 100 valence electrons. The van der Waals surface area contributed by atoms with Gasteiger partial charge in [0.15, 0.2) is 4.31 Å². The van der Waals surface area contributed by atoms with Crippen LogP contribution in [-0.2, 0) is 20.0 Å². The van der Waals surface area contributed by atoms with Gasteiger partial charge in [-0.15, -0.1) is 9.79 Å². The summed E-state index contributed by atoms with van der Waals surface area (Å²) in [5.41, 5.74) is 6.39. The zero-order valence-corrected chi connectivity index (χ0v) is 13.6. The van der Waals surface area contributed by atoms with E-state index in [9.17, 15) is 14.2 Å². The minimum absolute atomic E-state index is 0.210. The number of phenols is 1. The number of hydrogen-bond donors (Lipinski definition) is 4. The van der Waals surface area contributed by atoms with Gasteiger partial charge in [-0.3, -0.25) is 0 Å². The molecule has 0 aliphatic carbocycles. The van der Waals surface area contributed by atoms with Gasteiger partial charge >= 0.3 is 16.5 Å². The van der Waals surface area contributed by atoms with Crippen molar-refractivity contribution in [2.24, 2.45) is 5.73 Å². The number of nitrogens with two attached hydrogens (primary N) is 1. The number of benzene rings is 1. The average molecular weight is 425 g/mol. The molecule has 1 aromatic carbocycles. The van der Waals surface area contributed by atoms with Gasteiger partial charge in [-0.2, -0.15) is 0 Å². The van der Waals surface area contributed by atoms with E-state index in [0.29, 0.717) is 15.5 Å². The first kappa shape index (κ1) is 18.0. The fourth-order valence-electron chi connectivity index (χ4n) is 0.796. The van der Waals surface area contributed by atoms with Crippen molar-refractivity contribution in [1.29, 1.82) is 0 Å². The fraction of sp³-hybridized carbons (Fsp3) is 0.143. The standard InChI is InChI=1S/C7H7Br2NO.O5P2/c8-5-1-4(3-10)2-6(9)7(5)11;1-6(2)5-7(3)4/h1-2,11H,3,10H2;/p+2. The van der Waals surface area contributed by atoms with Crippen molar-refractivity contribution in [3.8, 4) is 5.75 Å². The van der Waals surface area contributed by atoms with Crippen molar-refractivity contribution in [3.63, 3.8) is 0 Å². The van der Waals surface area contributed by atoms with E-state index in [0.717, 1.165) is 5.56 Å². The molecule has 0 saturated heterocycles. The van der Waals surface area contributed by atoms with Crippen LogP contribution in [0.3, 0.4) is 0 Å². The van der Waals surface area contributed by atoms with Gasteiger partial charge < -0.3 is 10.8 Å². The predicted molar refractivity (Wildman–Crippen MR) is 72.1 cm³/mol. The van der Waals surface area contributed by atoms with Crippen LogP contribution in [0.1, 0.15) is 5.56 Å². The molecule has 18 heavy (non-hydrogen) atoms. The number of phenolic OH excluding ortho intramolecular Hbond substituents is 1. The summed E-state index contributed by atoms with van der Waals surface area (Å²) in [7, 11) is -5.85. The maximum atomic E-state index is 9.39. The molecule has 5 N–H and O–H groups in total. The highest BCUT2D eigenvalue weighted by molar-refractivity contribution is 9.11. The summed E-state index contributed by atoms with van der Waals surface area (Å²) in [6.07, 6.45) is 0. The van der Waals surface area contributed by atoms with Gasteiger partial charge in [0.25, 0.3) is 0 Å². The molecule has 7 nitrogen and oxygen atoms in total. The van der Waals surface area contributed by atoms with Crippen molar-refractivity contribution in [2.45, 2.75) is 6.54 Å². The zero-order valence-electron chi connectivity index (χ0n) is 8.66. The molecular formula is C7H9Br2NO6P2+2. The quantitative estimate of drug-likeness (QED) is 0.548. The molecule has 1 rings (SSSR count). The van der Waals surface area contributed by atoms with Crippen LogP contribution in [0.4, 0.5) is 0 Å². The topological polar surface area (TPSA) is 130 Å². The van der Waals surface area contributed by atoms with Crippen molar-refractivity contribution in [3.05, 3.63) is 26.6 Å². The summed E-state index contributed by atoms with van der Waals surface area (Å²) in [4.78, 5) is 15.3.